The first-order chi connectivity index (χ1) is 9.56. The van der Waals surface area contributed by atoms with Crippen molar-refractivity contribution in [1.29, 1.82) is 0 Å². The standard InChI is InChI=1S/C16H19NO2S/c1-11-5-4-6-14(9-11)19-8-7-17-16(18)15-10-12(2)13(3)20-15/h4-6,9-10H,7-8H2,1-3H3,(H,17,18). The number of carbonyl (C=O) groups is 1. The maximum Gasteiger partial charge on any atom is 0.261 e. The van der Waals surface area contributed by atoms with Crippen LogP contribution < -0.4 is 10.1 Å². The van der Waals surface area contributed by atoms with E-state index in [1.165, 1.54) is 16.2 Å². The zero-order chi connectivity index (χ0) is 14.5. The predicted octanol–water partition coefficient (Wildman–Crippen LogP) is 3.48. The molecule has 3 nitrogen and oxygen atoms in total. The van der Waals surface area contributed by atoms with E-state index in [0.29, 0.717) is 13.2 Å². The van der Waals surface area contributed by atoms with E-state index in [2.05, 4.69) is 5.32 Å². The van der Waals surface area contributed by atoms with Crippen LogP contribution in [-0.2, 0) is 0 Å². The Kier molecular flexibility index (Phi) is 4.79. The van der Waals surface area contributed by atoms with Crippen LogP contribution in [0, 0.1) is 20.8 Å². The lowest BCUT2D eigenvalue weighted by molar-refractivity contribution is 0.0951. The molecule has 0 fully saturated rings. The van der Waals surface area contributed by atoms with E-state index in [4.69, 9.17) is 4.74 Å². The van der Waals surface area contributed by atoms with Gasteiger partial charge in [-0.2, -0.15) is 0 Å². The Labute approximate surface area is 123 Å². The Bertz CT molecular complexity index is 585. The van der Waals surface area contributed by atoms with Gasteiger partial charge >= 0.3 is 0 Å². The summed E-state index contributed by atoms with van der Waals surface area (Å²) < 4.78 is 5.59. The SMILES string of the molecule is Cc1cccc(OCCNC(=O)c2cc(C)c(C)s2)c1. The minimum Gasteiger partial charge on any atom is -0.492 e. The van der Waals surface area contributed by atoms with Gasteiger partial charge in [0.2, 0.25) is 0 Å². The van der Waals surface area contributed by atoms with Crippen LogP contribution >= 0.6 is 11.3 Å². The summed E-state index contributed by atoms with van der Waals surface area (Å²) >= 11 is 1.53. The van der Waals surface area contributed by atoms with Gasteiger partial charge in [-0.3, -0.25) is 4.79 Å². The molecule has 1 aromatic carbocycles. The summed E-state index contributed by atoms with van der Waals surface area (Å²) in [6.45, 7) is 7.04. The zero-order valence-corrected chi connectivity index (χ0v) is 12.8. The number of hydrogen-bond donors (Lipinski definition) is 1. The van der Waals surface area contributed by atoms with Crippen molar-refractivity contribution in [2.24, 2.45) is 0 Å². The van der Waals surface area contributed by atoms with Gasteiger partial charge in [0, 0.05) is 4.88 Å². The summed E-state index contributed by atoms with van der Waals surface area (Å²) in [7, 11) is 0. The molecule has 4 heteroatoms. The Morgan fingerprint density at radius 2 is 2.05 bits per heavy atom. The van der Waals surface area contributed by atoms with E-state index in [0.717, 1.165) is 21.8 Å². The molecule has 2 rings (SSSR count). The highest BCUT2D eigenvalue weighted by molar-refractivity contribution is 7.14. The number of ether oxygens (including phenoxy) is 1. The lowest BCUT2D eigenvalue weighted by Crippen LogP contribution is -2.27. The molecule has 1 heterocycles. The molecule has 2 aromatic rings. The Balaban J connectivity index is 1.77. The van der Waals surface area contributed by atoms with E-state index in [1.807, 2.05) is 51.1 Å². The average Bonchev–Trinajstić information content (AvgIpc) is 2.75. The molecule has 1 amide bonds. The molecule has 1 aromatic heterocycles. The number of amides is 1. The molecule has 0 saturated carbocycles. The summed E-state index contributed by atoms with van der Waals surface area (Å²) in [6, 6.07) is 9.81. The monoisotopic (exact) mass is 289 g/mol. The van der Waals surface area contributed by atoms with E-state index in [1.54, 1.807) is 0 Å². The first-order valence-corrected chi connectivity index (χ1v) is 7.42. The van der Waals surface area contributed by atoms with Crippen molar-refractivity contribution in [3.05, 3.63) is 51.2 Å². The molecule has 0 radical (unpaired) electrons. The third kappa shape index (κ3) is 3.84. The fourth-order valence-corrected chi connectivity index (χ4v) is 2.76. The Hall–Kier alpha value is -1.81. The average molecular weight is 289 g/mol. The summed E-state index contributed by atoms with van der Waals surface area (Å²) in [4.78, 5) is 13.9. The molecule has 0 bridgehead atoms. The van der Waals surface area contributed by atoms with Crippen molar-refractivity contribution >= 4 is 17.2 Å². The summed E-state index contributed by atoms with van der Waals surface area (Å²) in [5.74, 6) is 0.807. The molecule has 0 spiro atoms. The molecular formula is C16H19NO2S. The number of thiophene rings is 1. The topological polar surface area (TPSA) is 38.3 Å². The van der Waals surface area contributed by atoms with Crippen molar-refractivity contribution in [2.75, 3.05) is 13.2 Å². The maximum absolute atomic E-state index is 11.9. The highest BCUT2D eigenvalue weighted by Gasteiger charge is 2.09. The minimum atomic E-state index is -0.0287. The molecule has 0 aliphatic heterocycles. The van der Waals surface area contributed by atoms with Crippen LogP contribution in [0.5, 0.6) is 5.75 Å². The second-order valence-electron chi connectivity index (χ2n) is 4.77. The van der Waals surface area contributed by atoms with Crippen LogP contribution in [0.15, 0.2) is 30.3 Å². The smallest absolute Gasteiger partial charge is 0.261 e. The van der Waals surface area contributed by atoms with Crippen LogP contribution in [0.25, 0.3) is 0 Å². The number of carbonyl (C=O) groups excluding carboxylic acids is 1. The molecule has 0 saturated heterocycles. The highest BCUT2D eigenvalue weighted by Crippen LogP contribution is 2.20. The first-order valence-electron chi connectivity index (χ1n) is 6.61. The molecular weight excluding hydrogens is 270 g/mol. The van der Waals surface area contributed by atoms with Gasteiger partial charge in [-0.15, -0.1) is 11.3 Å². The third-order valence-electron chi connectivity index (χ3n) is 3.04. The van der Waals surface area contributed by atoms with Crippen LogP contribution in [0.1, 0.15) is 25.7 Å². The van der Waals surface area contributed by atoms with E-state index < -0.39 is 0 Å². The summed E-state index contributed by atoms with van der Waals surface area (Å²) in [5, 5.41) is 2.87. The molecule has 0 unspecified atom stereocenters. The second kappa shape index (κ2) is 6.57. The minimum absolute atomic E-state index is 0.0287. The lowest BCUT2D eigenvalue weighted by Gasteiger charge is -2.07. The number of benzene rings is 1. The van der Waals surface area contributed by atoms with Gasteiger partial charge < -0.3 is 10.1 Å². The van der Waals surface area contributed by atoms with Crippen molar-refractivity contribution in [3.63, 3.8) is 0 Å². The number of hydrogen-bond acceptors (Lipinski definition) is 3. The molecule has 1 N–H and O–H groups in total. The summed E-state index contributed by atoms with van der Waals surface area (Å²) in [5.41, 5.74) is 2.33. The largest absolute Gasteiger partial charge is 0.492 e. The van der Waals surface area contributed by atoms with E-state index in [-0.39, 0.29) is 5.91 Å². The third-order valence-corrected chi connectivity index (χ3v) is 4.19. The second-order valence-corrected chi connectivity index (χ2v) is 6.03. The van der Waals surface area contributed by atoms with Crippen LogP contribution in [-0.4, -0.2) is 19.1 Å². The van der Waals surface area contributed by atoms with Gasteiger partial charge in [0.05, 0.1) is 11.4 Å². The van der Waals surface area contributed by atoms with Gasteiger partial charge in [0.25, 0.3) is 5.91 Å². The van der Waals surface area contributed by atoms with E-state index in [9.17, 15) is 4.79 Å². The van der Waals surface area contributed by atoms with Crippen molar-refractivity contribution < 1.29 is 9.53 Å². The van der Waals surface area contributed by atoms with Gasteiger partial charge in [-0.25, -0.2) is 0 Å². The molecule has 106 valence electrons. The molecule has 0 aliphatic rings. The Morgan fingerprint density at radius 1 is 1.25 bits per heavy atom. The number of aryl methyl sites for hydroxylation is 3. The van der Waals surface area contributed by atoms with Crippen molar-refractivity contribution in [2.45, 2.75) is 20.8 Å². The van der Waals surface area contributed by atoms with Crippen LogP contribution in [0.2, 0.25) is 0 Å². The lowest BCUT2D eigenvalue weighted by atomic mass is 10.2. The quantitative estimate of drug-likeness (QED) is 0.856. The van der Waals surface area contributed by atoms with Crippen LogP contribution in [0.4, 0.5) is 0 Å². The number of nitrogens with one attached hydrogen (secondary N) is 1. The Morgan fingerprint density at radius 3 is 2.70 bits per heavy atom. The molecule has 20 heavy (non-hydrogen) atoms. The number of rotatable bonds is 5. The first kappa shape index (κ1) is 14.6. The van der Waals surface area contributed by atoms with Crippen molar-refractivity contribution in [1.82, 2.24) is 5.32 Å². The predicted molar refractivity (Wildman–Crippen MR) is 82.8 cm³/mol. The molecule has 0 atom stereocenters. The zero-order valence-electron chi connectivity index (χ0n) is 12.0. The van der Waals surface area contributed by atoms with Gasteiger partial charge in [-0.05, 0) is 50.1 Å². The summed E-state index contributed by atoms with van der Waals surface area (Å²) in [6.07, 6.45) is 0. The van der Waals surface area contributed by atoms with Crippen molar-refractivity contribution in [3.8, 4) is 5.75 Å². The molecule has 0 aliphatic carbocycles. The van der Waals surface area contributed by atoms with E-state index >= 15 is 0 Å². The highest BCUT2D eigenvalue weighted by atomic mass is 32.1. The van der Waals surface area contributed by atoms with Gasteiger partial charge in [-0.1, -0.05) is 12.1 Å². The normalized spacial score (nSPS) is 10.3. The van der Waals surface area contributed by atoms with Gasteiger partial charge in [0.1, 0.15) is 12.4 Å². The fourth-order valence-electron chi connectivity index (χ4n) is 1.81. The maximum atomic E-state index is 11.9. The van der Waals surface area contributed by atoms with Crippen LogP contribution in [0.3, 0.4) is 0 Å². The van der Waals surface area contributed by atoms with Gasteiger partial charge in [0.15, 0.2) is 0 Å². The fraction of sp³-hybridized carbons (Fsp3) is 0.312.